The molecule has 1 atom stereocenters. The van der Waals surface area contributed by atoms with Crippen molar-refractivity contribution in [2.24, 2.45) is 5.92 Å². The first-order valence-corrected chi connectivity index (χ1v) is 12.9. The fourth-order valence-corrected chi connectivity index (χ4v) is 6.44. The number of nitrogens with one attached hydrogen (secondary N) is 1. The molecule has 2 fully saturated rings. The van der Waals surface area contributed by atoms with Gasteiger partial charge in [0.05, 0.1) is 27.9 Å². The lowest BCUT2D eigenvalue weighted by molar-refractivity contribution is -0.120. The summed E-state index contributed by atoms with van der Waals surface area (Å²) in [6, 6.07) is 0.738. The molecule has 3 aromatic heterocycles. The van der Waals surface area contributed by atoms with E-state index in [0.29, 0.717) is 43.5 Å². The van der Waals surface area contributed by atoms with Gasteiger partial charge < -0.3 is 10.1 Å². The monoisotopic (exact) mass is 479 g/mol. The van der Waals surface area contributed by atoms with Crippen LogP contribution in [0.1, 0.15) is 38.1 Å². The van der Waals surface area contributed by atoms with Gasteiger partial charge >= 0.3 is 0 Å². The fourth-order valence-electron chi connectivity index (χ4n) is 4.07. The second-order valence-electron chi connectivity index (χ2n) is 8.15. The van der Waals surface area contributed by atoms with Crippen LogP contribution in [0.5, 0.6) is 0 Å². The topological polar surface area (TPSA) is 116 Å². The Morgan fingerprint density at radius 1 is 1.25 bits per heavy atom. The van der Waals surface area contributed by atoms with E-state index in [-0.39, 0.29) is 21.2 Å². The molecule has 1 aliphatic heterocycles. The Bertz CT molecular complexity index is 1250. The van der Waals surface area contributed by atoms with E-state index in [1.807, 2.05) is 0 Å². The highest BCUT2D eigenvalue weighted by Crippen LogP contribution is 2.37. The van der Waals surface area contributed by atoms with Crippen molar-refractivity contribution in [3.05, 3.63) is 29.8 Å². The van der Waals surface area contributed by atoms with Crippen LogP contribution in [0.15, 0.2) is 29.6 Å². The number of anilines is 1. The molecule has 3 aromatic rings. The molecule has 0 aromatic carbocycles. The highest BCUT2D eigenvalue weighted by Gasteiger charge is 2.38. The summed E-state index contributed by atoms with van der Waals surface area (Å²) in [6.07, 6.45) is 7.35. The smallest absolute Gasteiger partial charge is 0.251 e. The van der Waals surface area contributed by atoms with Crippen molar-refractivity contribution in [1.29, 1.82) is 0 Å². The van der Waals surface area contributed by atoms with E-state index in [9.17, 15) is 17.6 Å². The molecule has 2 aliphatic rings. The molecule has 1 unspecified atom stereocenters. The SMILES string of the molecule is O=C(Nc1ncc(F)s1)C(CC1CCOCC1)n1ncc2c(S(=O)(=O)C3CC3)ccnc21. The Balaban J connectivity index is 1.52. The first kappa shape index (κ1) is 21.4. The molecule has 12 heteroatoms. The molecule has 1 N–H and O–H groups in total. The summed E-state index contributed by atoms with van der Waals surface area (Å²) < 4.78 is 46.0. The predicted molar refractivity (Wildman–Crippen MR) is 116 cm³/mol. The number of pyridine rings is 1. The summed E-state index contributed by atoms with van der Waals surface area (Å²) in [7, 11) is -3.46. The minimum absolute atomic E-state index is 0.158. The molecule has 1 saturated carbocycles. The van der Waals surface area contributed by atoms with Crippen LogP contribution >= 0.6 is 11.3 Å². The summed E-state index contributed by atoms with van der Waals surface area (Å²) >= 11 is 0.742. The number of fused-ring (bicyclic) bond motifs is 1. The zero-order chi connectivity index (χ0) is 22.3. The van der Waals surface area contributed by atoms with E-state index in [0.717, 1.165) is 30.4 Å². The number of halogens is 1. The summed E-state index contributed by atoms with van der Waals surface area (Å²) in [6.45, 7) is 1.25. The molecule has 9 nitrogen and oxygen atoms in total. The molecular formula is C20H22FN5O4S2. The molecule has 1 saturated heterocycles. The second kappa shape index (κ2) is 8.49. The molecule has 32 heavy (non-hydrogen) atoms. The maximum atomic E-state index is 13.4. The summed E-state index contributed by atoms with van der Waals surface area (Å²) in [4.78, 5) is 21.7. The van der Waals surface area contributed by atoms with Crippen molar-refractivity contribution in [2.45, 2.75) is 48.3 Å². The predicted octanol–water partition coefficient (Wildman–Crippen LogP) is 2.96. The maximum absolute atomic E-state index is 13.4. The van der Waals surface area contributed by atoms with Gasteiger partial charge in [-0.1, -0.05) is 11.3 Å². The van der Waals surface area contributed by atoms with Gasteiger partial charge in [0, 0.05) is 19.4 Å². The lowest BCUT2D eigenvalue weighted by Crippen LogP contribution is -2.30. The number of thiazole rings is 1. The standard InChI is InChI=1S/C20H22FN5O4S2/c21-17-11-23-20(31-17)25-19(27)15(9-12-4-7-30-8-5-12)26-18-14(10-24-26)16(3-6-22-18)32(28,29)13-1-2-13/h3,6,10-13,15H,1-2,4-5,7-9H2,(H,23,25,27). The third-order valence-corrected chi connectivity index (χ3v) is 8.95. The molecule has 170 valence electrons. The number of rotatable bonds is 7. The number of aromatic nitrogens is 4. The summed E-state index contributed by atoms with van der Waals surface area (Å²) in [5.74, 6) is -0.168. The van der Waals surface area contributed by atoms with E-state index in [4.69, 9.17) is 4.74 Å². The van der Waals surface area contributed by atoms with Crippen molar-refractivity contribution in [3.8, 4) is 0 Å². The Labute approximate surface area is 187 Å². The van der Waals surface area contributed by atoms with Crippen molar-refractivity contribution in [3.63, 3.8) is 0 Å². The number of carbonyl (C=O) groups excluding carboxylic acids is 1. The summed E-state index contributed by atoms with van der Waals surface area (Å²) in [5, 5.41) is 6.76. The molecular weight excluding hydrogens is 457 g/mol. The Hall–Kier alpha value is -2.44. The average Bonchev–Trinajstić information content (AvgIpc) is 3.46. The highest BCUT2D eigenvalue weighted by atomic mass is 32.2. The molecule has 0 bridgehead atoms. The largest absolute Gasteiger partial charge is 0.381 e. The van der Waals surface area contributed by atoms with Crippen LogP contribution in [0, 0.1) is 11.0 Å². The Morgan fingerprint density at radius 2 is 2.03 bits per heavy atom. The highest BCUT2D eigenvalue weighted by molar-refractivity contribution is 7.92. The molecule has 1 amide bonds. The Kier molecular flexibility index (Phi) is 5.68. The first-order chi connectivity index (χ1) is 15.4. The minimum atomic E-state index is -3.46. The number of amides is 1. The van der Waals surface area contributed by atoms with Gasteiger partial charge in [0.15, 0.2) is 25.7 Å². The third-order valence-electron chi connectivity index (χ3n) is 5.93. The number of nitrogens with zero attached hydrogens (tertiary/aromatic N) is 4. The van der Waals surface area contributed by atoms with Crippen LogP contribution in [0.4, 0.5) is 9.52 Å². The zero-order valence-corrected chi connectivity index (χ0v) is 18.7. The van der Waals surface area contributed by atoms with Crippen molar-refractivity contribution >= 4 is 43.2 Å². The lowest BCUT2D eigenvalue weighted by Gasteiger charge is -2.26. The number of hydrogen-bond acceptors (Lipinski definition) is 8. The van der Waals surface area contributed by atoms with Gasteiger partial charge in [-0.15, -0.1) is 0 Å². The molecule has 5 rings (SSSR count). The van der Waals surface area contributed by atoms with Crippen molar-refractivity contribution < 1.29 is 22.3 Å². The van der Waals surface area contributed by atoms with E-state index in [1.165, 1.54) is 23.1 Å². The van der Waals surface area contributed by atoms with Crippen molar-refractivity contribution in [1.82, 2.24) is 19.7 Å². The normalized spacial score (nSPS) is 18.7. The van der Waals surface area contributed by atoms with Gasteiger partial charge in [0.25, 0.3) is 5.91 Å². The van der Waals surface area contributed by atoms with Crippen molar-refractivity contribution in [2.75, 3.05) is 18.5 Å². The van der Waals surface area contributed by atoms with Gasteiger partial charge in [-0.2, -0.15) is 9.49 Å². The quantitative estimate of drug-likeness (QED) is 0.554. The maximum Gasteiger partial charge on any atom is 0.251 e. The second-order valence-corrected chi connectivity index (χ2v) is 11.3. The van der Waals surface area contributed by atoms with Gasteiger partial charge in [-0.3, -0.25) is 4.79 Å². The number of ether oxygens (including phenoxy) is 1. The number of sulfone groups is 1. The van der Waals surface area contributed by atoms with E-state index in [2.05, 4.69) is 20.4 Å². The third kappa shape index (κ3) is 4.14. The van der Waals surface area contributed by atoms with Gasteiger partial charge in [-0.25, -0.2) is 23.1 Å². The van der Waals surface area contributed by atoms with E-state index < -0.39 is 26.9 Å². The van der Waals surface area contributed by atoms with Crippen LogP contribution in [-0.4, -0.2) is 52.5 Å². The first-order valence-electron chi connectivity index (χ1n) is 10.5. The zero-order valence-electron chi connectivity index (χ0n) is 17.1. The van der Waals surface area contributed by atoms with Gasteiger partial charge in [-0.05, 0) is 44.1 Å². The summed E-state index contributed by atoms with van der Waals surface area (Å²) in [5.41, 5.74) is 0.337. The van der Waals surface area contributed by atoms with Gasteiger partial charge in [0.1, 0.15) is 6.04 Å². The van der Waals surface area contributed by atoms with E-state index >= 15 is 0 Å². The number of hydrogen-bond donors (Lipinski definition) is 1. The molecule has 4 heterocycles. The number of carbonyl (C=O) groups is 1. The molecule has 0 radical (unpaired) electrons. The van der Waals surface area contributed by atoms with Crippen LogP contribution in [0.25, 0.3) is 11.0 Å². The van der Waals surface area contributed by atoms with Gasteiger partial charge in [0.2, 0.25) is 0 Å². The van der Waals surface area contributed by atoms with Crippen LogP contribution in [0.3, 0.4) is 0 Å². The Morgan fingerprint density at radius 3 is 2.72 bits per heavy atom. The van der Waals surface area contributed by atoms with Crippen LogP contribution in [-0.2, 0) is 19.4 Å². The average molecular weight is 480 g/mol. The molecule has 0 spiro atoms. The van der Waals surface area contributed by atoms with E-state index in [1.54, 1.807) is 0 Å². The van der Waals surface area contributed by atoms with Crippen LogP contribution < -0.4 is 5.32 Å². The minimum Gasteiger partial charge on any atom is -0.381 e. The fraction of sp³-hybridized carbons (Fsp3) is 0.500. The molecule has 1 aliphatic carbocycles. The lowest BCUT2D eigenvalue weighted by atomic mass is 9.92. The van der Waals surface area contributed by atoms with Crippen LogP contribution in [0.2, 0.25) is 0 Å².